The fraction of sp³-hybridized carbons (Fsp3) is 0.455. The summed E-state index contributed by atoms with van der Waals surface area (Å²) in [5.41, 5.74) is 2.32. The fourth-order valence-corrected chi connectivity index (χ4v) is 4.19. The normalized spacial score (nSPS) is 17.2. The molecule has 0 atom stereocenters. The van der Waals surface area contributed by atoms with E-state index in [9.17, 15) is 4.79 Å². The van der Waals surface area contributed by atoms with Crippen molar-refractivity contribution in [1.82, 2.24) is 29.7 Å². The number of hydrogen-bond donors (Lipinski definition) is 1. The Balaban J connectivity index is 1.11. The highest BCUT2D eigenvalue weighted by Crippen LogP contribution is 2.30. The summed E-state index contributed by atoms with van der Waals surface area (Å²) in [4.78, 5) is 27.0. The maximum atomic E-state index is 12.3. The molecule has 0 unspecified atom stereocenters. The minimum Gasteiger partial charge on any atom is -0.486 e. The molecule has 2 aliphatic heterocycles. The van der Waals surface area contributed by atoms with Gasteiger partial charge in [-0.05, 0) is 43.6 Å². The predicted octanol–water partition coefficient (Wildman–Crippen LogP) is 1.21. The average molecular weight is 422 g/mol. The van der Waals surface area contributed by atoms with Crippen LogP contribution in [0.1, 0.15) is 18.4 Å². The Kier molecular flexibility index (Phi) is 5.77. The van der Waals surface area contributed by atoms with Crippen molar-refractivity contribution >= 4 is 11.2 Å². The van der Waals surface area contributed by atoms with Crippen LogP contribution < -0.4 is 20.3 Å². The number of fused-ring (bicyclic) bond motifs is 2. The van der Waals surface area contributed by atoms with E-state index in [2.05, 4.69) is 37.3 Å². The fourth-order valence-electron chi connectivity index (χ4n) is 4.19. The number of nitrogens with zero attached hydrogens (tertiary/aromatic N) is 5. The summed E-state index contributed by atoms with van der Waals surface area (Å²) in [6.07, 6.45) is 6.60. The maximum absolute atomic E-state index is 12.3. The first kappa shape index (κ1) is 19.9. The predicted molar refractivity (Wildman–Crippen MR) is 115 cm³/mol. The third-order valence-corrected chi connectivity index (χ3v) is 5.94. The molecule has 0 amide bonds. The van der Waals surface area contributed by atoms with Crippen molar-refractivity contribution in [1.29, 1.82) is 0 Å². The van der Waals surface area contributed by atoms with Crippen molar-refractivity contribution in [2.75, 3.05) is 32.8 Å². The van der Waals surface area contributed by atoms with Gasteiger partial charge in [-0.1, -0.05) is 6.07 Å². The molecule has 0 spiro atoms. The van der Waals surface area contributed by atoms with Crippen molar-refractivity contribution in [3.05, 3.63) is 52.8 Å². The van der Waals surface area contributed by atoms with Crippen molar-refractivity contribution < 1.29 is 9.47 Å². The van der Waals surface area contributed by atoms with Crippen LogP contribution >= 0.6 is 0 Å². The molecule has 1 N–H and O–H groups in total. The molecule has 0 radical (unpaired) electrons. The van der Waals surface area contributed by atoms with Gasteiger partial charge in [-0.2, -0.15) is 0 Å². The van der Waals surface area contributed by atoms with Gasteiger partial charge in [0.05, 0.1) is 12.4 Å². The molecule has 3 aromatic rings. The molecule has 1 saturated heterocycles. The van der Waals surface area contributed by atoms with Gasteiger partial charge >= 0.3 is 0 Å². The number of hydrogen-bond acceptors (Lipinski definition) is 8. The Hall–Kier alpha value is -3.04. The Morgan fingerprint density at radius 1 is 1.03 bits per heavy atom. The largest absolute Gasteiger partial charge is 0.486 e. The second-order valence-corrected chi connectivity index (χ2v) is 7.95. The summed E-state index contributed by atoms with van der Waals surface area (Å²) in [7, 11) is 0. The van der Waals surface area contributed by atoms with E-state index in [-0.39, 0.29) is 5.56 Å². The van der Waals surface area contributed by atoms with E-state index in [1.54, 1.807) is 10.8 Å². The molecule has 2 aromatic heterocycles. The van der Waals surface area contributed by atoms with E-state index in [1.165, 1.54) is 18.1 Å². The summed E-state index contributed by atoms with van der Waals surface area (Å²) >= 11 is 0. The number of nitrogens with one attached hydrogen (secondary N) is 1. The first-order valence-electron chi connectivity index (χ1n) is 10.8. The van der Waals surface area contributed by atoms with Crippen LogP contribution in [0.3, 0.4) is 0 Å². The molecule has 0 saturated carbocycles. The summed E-state index contributed by atoms with van der Waals surface area (Å²) in [5.74, 6) is 1.67. The lowest BCUT2D eigenvalue weighted by Crippen LogP contribution is -2.43. The van der Waals surface area contributed by atoms with E-state index < -0.39 is 0 Å². The zero-order valence-electron chi connectivity index (χ0n) is 17.4. The highest BCUT2D eigenvalue weighted by Gasteiger charge is 2.19. The number of likely N-dealkylation sites (tertiary alicyclic amines) is 1. The van der Waals surface area contributed by atoms with Gasteiger partial charge in [0.25, 0.3) is 5.56 Å². The lowest BCUT2D eigenvalue weighted by atomic mass is 10.0. The summed E-state index contributed by atoms with van der Waals surface area (Å²) < 4.78 is 13.0. The second kappa shape index (κ2) is 8.99. The molecule has 4 heterocycles. The molecule has 162 valence electrons. The Labute approximate surface area is 180 Å². The van der Waals surface area contributed by atoms with E-state index in [0.29, 0.717) is 37.0 Å². The number of ether oxygens (including phenoxy) is 2. The van der Waals surface area contributed by atoms with E-state index in [0.717, 1.165) is 50.5 Å². The lowest BCUT2D eigenvalue weighted by Gasteiger charge is -2.32. The minimum absolute atomic E-state index is 0.123. The first-order chi connectivity index (χ1) is 15.3. The van der Waals surface area contributed by atoms with Crippen LogP contribution in [0.15, 0.2) is 41.7 Å². The SMILES string of the molecule is O=c1cnc2cncnc2n1CCN1CCC(NCc2ccc3c(c2)OCCO3)CC1. The lowest BCUT2D eigenvalue weighted by molar-refractivity contribution is 0.171. The molecule has 31 heavy (non-hydrogen) atoms. The van der Waals surface area contributed by atoms with Crippen LogP contribution in [0.5, 0.6) is 11.5 Å². The molecule has 1 aromatic carbocycles. The van der Waals surface area contributed by atoms with Crippen LogP contribution in [-0.2, 0) is 13.1 Å². The highest BCUT2D eigenvalue weighted by molar-refractivity contribution is 5.67. The molecular weight excluding hydrogens is 396 g/mol. The van der Waals surface area contributed by atoms with Crippen LogP contribution in [0, 0.1) is 0 Å². The molecule has 5 rings (SSSR count). The number of rotatable bonds is 6. The Morgan fingerprint density at radius 2 is 1.87 bits per heavy atom. The van der Waals surface area contributed by atoms with E-state index >= 15 is 0 Å². The van der Waals surface area contributed by atoms with Crippen molar-refractivity contribution in [3.63, 3.8) is 0 Å². The van der Waals surface area contributed by atoms with Gasteiger partial charge in [-0.25, -0.2) is 15.0 Å². The van der Waals surface area contributed by atoms with Crippen LogP contribution in [-0.4, -0.2) is 63.3 Å². The second-order valence-electron chi connectivity index (χ2n) is 7.95. The monoisotopic (exact) mass is 422 g/mol. The summed E-state index contributed by atoms with van der Waals surface area (Å²) in [6, 6.07) is 6.64. The highest BCUT2D eigenvalue weighted by atomic mass is 16.6. The van der Waals surface area contributed by atoms with Crippen molar-refractivity contribution in [2.24, 2.45) is 0 Å². The van der Waals surface area contributed by atoms with E-state index in [1.807, 2.05) is 6.07 Å². The molecule has 9 nitrogen and oxygen atoms in total. The van der Waals surface area contributed by atoms with Gasteiger partial charge in [-0.3, -0.25) is 9.36 Å². The maximum Gasteiger partial charge on any atom is 0.270 e. The molecule has 9 heteroatoms. The van der Waals surface area contributed by atoms with Crippen LogP contribution in [0.2, 0.25) is 0 Å². The molecule has 0 aliphatic carbocycles. The summed E-state index contributed by atoms with van der Waals surface area (Å²) in [6.45, 7) is 5.47. The quantitative estimate of drug-likeness (QED) is 0.634. The zero-order valence-corrected chi connectivity index (χ0v) is 17.4. The smallest absolute Gasteiger partial charge is 0.270 e. The third-order valence-electron chi connectivity index (χ3n) is 5.94. The standard InChI is InChI=1S/C22H26N6O3/c29-21-14-25-18-13-23-15-26-22(18)28(21)8-7-27-5-3-17(4-6-27)24-12-16-1-2-19-20(11-16)31-10-9-30-19/h1-2,11,13-15,17,24H,3-10,12H2. The molecule has 1 fully saturated rings. The number of benzene rings is 1. The van der Waals surface area contributed by atoms with Gasteiger partial charge < -0.3 is 19.7 Å². The topological polar surface area (TPSA) is 94.4 Å². The van der Waals surface area contributed by atoms with Gasteiger partial charge in [0, 0.05) is 25.7 Å². The van der Waals surface area contributed by atoms with Gasteiger partial charge in [-0.15, -0.1) is 0 Å². The third kappa shape index (κ3) is 4.52. The van der Waals surface area contributed by atoms with Gasteiger partial charge in [0.1, 0.15) is 25.1 Å². The number of aromatic nitrogens is 4. The summed E-state index contributed by atoms with van der Waals surface area (Å²) in [5, 5.41) is 3.67. The van der Waals surface area contributed by atoms with Crippen molar-refractivity contribution in [2.45, 2.75) is 32.0 Å². The Bertz CT molecular complexity index is 1110. The molecular formula is C22H26N6O3. The van der Waals surface area contributed by atoms with Gasteiger partial charge in [0.2, 0.25) is 0 Å². The minimum atomic E-state index is -0.123. The van der Waals surface area contributed by atoms with Crippen LogP contribution in [0.4, 0.5) is 0 Å². The average Bonchev–Trinajstić information content (AvgIpc) is 2.82. The Morgan fingerprint density at radius 3 is 2.74 bits per heavy atom. The zero-order chi connectivity index (χ0) is 21.0. The van der Waals surface area contributed by atoms with Crippen LogP contribution in [0.25, 0.3) is 11.2 Å². The van der Waals surface area contributed by atoms with Gasteiger partial charge in [0.15, 0.2) is 17.1 Å². The van der Waals surface area contributed by atoms with Crippen molar-refractivity contribution in [3.8, 4) is 11.5 Å². The van der Waals surface area contributed by atoms with E-state index in [4.69, 9.17) is 9.47 Å². The first-order valence-corrected chi connectivity index (χ1v) is 10.8. The number of piperidine rings is 1. The molecule has 2 aliphatic rings. The molecule has 0 bridgehead atoms.